The van der Waals surface area contributed by atoms with Crippen molar-refractivity contribution in [2.24, 2.45) is 5.92 Å². The standard InChI is InChI=1S/C27H30N6O5/c1-31(2)27(38)25(36)29-20-13-17-8-9-19(20)23-30-21(22(34)26(37)33(23)15-17)24(35)28-14-16-6-5-7-18(12-16)32-10-3-4-11-32/h3-7,10-12,17,19-20,34H,8-9,13-15H2,1-2H3,(H,28,35)(H,29,36). The summed E-state index contributed by atoms with van der Waals surface area (Å²) in [6.45, 7) is 0.498. The maximum absolute atomic E-state index is 13.1. The van der Waals surface area contributed by atoms with Crippen LogP contribution in [0.2, 0.25) is 0 Å². The molecule has 2 bridgehead atoms. The summed E-state index contributed by atoms with van der Waals surface area (Å²) in [5.41, 5.74) is 0.746. The lowest BCUT2D eigenvalue weighted by Gasteiger charge is -2.32. The van der Waals surface area contributed by atoms with Gasteiger partial charge in [-0.2, -0.15) is 0 Å². The van der Waals surface area contributed by atoms with Crippen LogP contribution in [-0.4, -0.2) is 62.0 Å². The number of aromatic nitrogens is 3. The van der Waals surface area contributed by atoms with E-state index >= 15 is 0 Å². The number of benzene rings is 1. The third-order valence-corrected chi connectivity index (χ3v) is 7.30. The molecule has 11 nitrogen and oxygen atoms in total. The summed E-state index contributed by atoms with van der Waals surface area (Å²) >= 11 is 0. The maximum atomic E-state index is 13.1. The van der Waals surface area contributed by atoms with E-state index in [-0.39, 0.29) is 24.1 Å². The molecule has 6 rings (SSSR count). The van der Waals surface area contributed by atoms with Crippen molar-refractivity contribution < 1.29 is 19.5 Å². The average molecular weight is 519 g/mol. The monoisotopic (exact) mass is 518 g/mol. The lowest BCUT2D eigenvalue weighted by atomic mass is 9.79. The molecule has 3 N–H and O–H groups in total. The molecule has 3 aliphatic rings. The number of nitrogens with zero attached hydrogens (tertiary/aromatic N) is 4. The van der Waals surface area contributed by atoms with Gasteiger partial charge in [0.1, 0.15) is 5.82 Å². The number of nitrogens with one attached hydrogen (secondary N) is 2. The lowest BCUT2D eigenvalue weighted by Crippen LogP contribution is -2.48. The molecule has 1 aliphatic carbocycles. The van der Waals surface area contributed by atoms with Crippen LogP contribution in [0.5, 0.6) is 5.75 Å². The molecule has 38 heavy (non-hydrogen) atoms. The molecule has 3 aromatic rings. The van der Waals surface area contributed by atoms with E-state index in [2.05, 4.69) is 15.6 Å². The first-order chi connectivity index (χ1) is 18.2. The van der Waals surface area contributed by atoms with Crippen LogP contribution in [0.4, 0.5) is 0 Å². The predicted octanol–water partition coefficient (Wildman–Crippen LogP) is 1.14. The molecular formula is C27H30N6O5. The molecule has 4 heterocycles. The summed E-state index contributed by atoms with van der Waals surface area (Å²) in [4.78, 5) is 56.5. The molecule has 3 amide bonds. The number of hydrogen-bond donors (Lipinski definition) is 3. The van der Waals surface area contributed by atoms with Crippen LogP contribution in [0.15, 0.2) is 53.6 Å². The highest BCUT2D eigenvalue weighted by atomic mass is 16.3. The Labute approximate surface area is 219 Å². The van der Waals surface area contributed by atoms with Crippen molar-refractivity contribution in [2.75, 3.05) is 14.1 Å². The summed E-state index contributed by atoms with van der Waals surface area (Å²) in [5, 5.41) is 16.2. The number of fused-ring (bicyclic) bond motifs is 2. The number of aromatic hydroxyl groups is 1. The number of carbonyl (C=O) groups is 3. The Morgan fingerprint density at radius 2 is 1.89 bits per heavy atom. The maximum Gasteiger partial charge on any atom is 0.311 e. The lowest BCUT2D eigenvalue weighted by molar-refractivity contribution is -0.144. The molecule has 3 unspecified atom stereocenters. The van der Waals surface area contributed by atoms with Crippen molar-refractivity contribution in [3.8, 4) is 11.4 Å². The van der Waals surface area contributed by atoms with Crippen LogP contribution < -0.4 is 16.2 Å². The minimum Gasteiger partial charge on any atom is -0.501 e. The highest BCUT2D eigenvalue weighted by molar-refractivity contribution is 6.34. The third-order valence-electron chi connectivity index (χ3n) is 7.30. The van der Waals surface area contributed by atoms with Gasteiger partial charge < -0.3 is 25.2 Å². The van der Waals surface area contributed by atoms with Crippen LogP contribution in [0, 0.1) is 5.92 Å². The zero-order chi connectivity index (χ0) is 27.0. The van der Waals surface area contributed by atoms with Crippen molar-refractivity contribution >= 4 is 17.7 Å². The van der Waals surface area contributed by atoms with Crippen molar-refractivity contribution in [2.45, 2.75) is 44.3 Å². The second-order valence-electron chi connectivity index (χ2n) is 10.1. The van der Waals surface area contributed by atoms with Crippen LogP contribution in [-0.2, 0) is 22.7 Å². The number of amides is 3. The summed E-state index contributed by atoms with van der Waals surface area (Å²) in [5.74, 6) is -2.71. The van der Waals surface area contributed by atoms with Crippen LogP contribution in [0.25, 0.3) is 5.69 Å². The molecular weight excluding hydrogens is 488 g/mol. The quantitative estimate of drug-likeness (QED) is 0.433. The second kappa shape index (κ2) is 10.2. The van der Waals surface area contributed by atoms with Gasteiger partial charge in [0, 0.05) is 57.2 Å². The first-order valence-corrected chi connectivity index (χ1v) is 12.6. The molecule has 1 saturated carbocycles. The highest BCUT2D eigenvalue weighted by Gasteiger charge is 2.41. The SMILES string of the molecule is CN(C)C(=O)C(=O)NC1CC2CCC1c1nc(C(=O)NCc3cccc(-n4cccc4)c3)c(O)c(=O)n1C2. The van der Waals surface area contributed by atoms with E-state index in [1.165, 1.54) is 23.6 Å². The fourth-order valence-corrected chi connectivity index (χ4v) is 5.36. The zero-order valence-corrected chi connectivity index (χ0v) is 21.3. The van der Waals surface area contributed by atoms with Gasteiger partial charge in [0.15, 0.2) is 5.69 Å². The number of likely N-dealkylation sites (N-methyl/N-ethyl adjacent to an activating group) is 1. The topological polar surface area (TPSA) is 139 Å². The van der Waals surface area contributed by atoms with Gasteiger partial charge in [-0.05, 0) is 55.0 Å². The van der Waals surface area contributed by atoms with E-state index in [4.69, 9.17) is 0 Å². The van der Waals surface area contributed by atoms with Gasteiger partial charge in [-0.25, -0.2) is 4.98 Å². The number of hydrogen-bond acceptors (Lipinski definition) is 6. The van der Waals surface area contributed by atoms with Crippen molar-refractivity contribution in [1.29, 1.82) is 0 Å². The minimum absolute atomic E-state index is 0.0680. The van der Waals surface area contributed by atoms with E-state index in [0.717, 1.165) is 17.7 Å². The molecule has 11 heteroatoms. The van der Waals surface area contributed by atoms with Crippen LogP contribution >= 0.6 is 0 Å². The Balaban J connectivity index is 1.39. The predicted molar refractivity (Wildman–Crippen MR) is 138 cm³/mol. The summed E-state index contributed by atoms with van der Waals surface area (Å²) in [6.07, 6.45) is 5.85. The molecule has 0 saturated heterocycles. The van der Waals surface area contributed by atoms with Gasteiger partial charge in [0.25, 0.3) is 11.5 Å². The summed E-state index contributed by atoms with van der Waals surface area (Å²) in [6, 6.07) is 11.1. The molecule has 198 valence electrons. The van der Waals surface area contributed by atoms with E-state index in [9.17, 15) is 24.3 Å². The van der Waals surface area contributed by atoms with Gasteiger partial charge in [-0.1, -0.05) is 12.1 Å². The second-order valence-corrected chi connectivity index (χ2v) is 10.1. The molecule has 2 aromatic heterocycles. The van der Waals surface area contributed by atoms with E-state index in [1.807, 2.05) is 53.4 Å². The fourth-order valence-electron chi connectivity index (χ4n) is 5.36. The Bertz CT molecular complexity index is 1440. The van der Waals surface area contributed by atoms with Crippen LogP contribution in [0.1, 0.15) is 47.1 Å². The van der Waals surface area contributed by atoms with Gasteiger partial charge in [0.2, 0.25) is 5.75 Å². The molecule has 3 atom stereocenters. The first-order valence-electron chi connectivity index (χ1n) is 12.6. The highest BCUT2D eigenvalue weighted by Crippen LogP contribution is 2.39. The minimum atomic E-state index is -0.722. The van der Waals surface area contributed by atoms with E-state index in [1.54, 1.807) is 0 Å². The Morgan fingerprint density at radius 1 is 1.13 bits per heavy atom. The Morgan fingerprint density at radius 3 is 2.63 bits per heavy atom. The van der Waals surface area contributed by atoms with Gasteiger partial charge >= 0.3 is 11.8 Å². The summed E-state index contributed by atoms with van der Waals surface area (Å²) < 4.78 is 3.36. The average Bonchev–Trinajstić information content (AvgIpc) is 3.34. The first kappa shape index (κ1) is 25.2. The summed E-state index contributed by atoms with van der Waals surface area (Å²) in [7, 11) is 3.00. The largest absolute Gasteiger partial charge is 0.501 e. The molecule has 0 radical (unpaired) electrons. The van der Waals surface area contributed by atoms with Crippen molar-refractivity contribution in [1.82, 2.24) is 29.7 Å². The number of carbonyl (C=O) groups excluding carboxylic acids is 3. The fraction of sp³-hybridized carbons (Fsp3) is 0.370. The number of rotatable bonds is 5. The van der Waals surface area contributed by atoms with Crippen LogP contribution in [0.3, 0.4) is 0 Å². The smallest absolute Gasteiger partial charge is 0.311 e. The molecule has 2 aliphatic heterocycles. The zero-order valence-electron chi connectivity index (χ0n) is 21.3. The van der Waals surface area contributed by atoms with Crippen molar-refractivity contribution in [3.05, 3.63) is 76.2 Å². The molecule has 1 fully saturated rings. The van der Waals surface area contributed by atoms with E-state index in [0.29, 0.717) is 25.2 Å². The third kappa shape index (κ3) is 4.79. The molecule has 0 spiro atoms. The van der Waals surface area contributed by atoms with Gasteiger partial charge in [-0.15, -0.1) is 0 Å². The Hall–Kier alpha value is -4.41. The van der Waals surface area contributed by atoms with Crippen molar-refractivity contribution in [3.63, 3.8) is 0 Å². The van der Waals surface area contributed by atoms with Gasteiger partial charge in [-0.3, -0.25) is 23.7 Å². The van der Waals surface area contributed by atoms with Gasteiger partial charge in [0.05, 0.1) is 0 Å². The van der Waals surface area contributed by atoms with E-state index < -0.39 is 35.1 Å². The normalized spacial score (nSPS) is 19.8. The molecule has 1 aromatic carbocycles. The Kier molecular flexibility index (Phi) is 6.75.